The minimum Gasteiger partial charge on any atom is -0.652 e. The summed E-state index contributed by atoms with van der Waals surface area (Å²) >= 11 is 0. The number of ether oxygens (including phenoxy) is 2. The van der Waals surface area contributed by atoms with Crippen molar-refractivity contribution >= 4 is 14.5 Å². The maximum atomic E-state index is 10.6. The van der Waals surface area contributed by atoms with E-state index >= 15 is 0 Å². The summed E-state index contributed by atoms with van der Waals surface area (Å²) in [5.74, 6) is 0.286. The first-order chi connectivity index (χ1) is 13.4. The molecular weight excluding hydrogens is 471 g/mol. The number of aliphatic hydroxyl groups is 1. The smallest absolute Gasteiger partial charge is 0.652 e. The van der Waals surface area contributed by atoms with Crippen LogP contribution in [0.1, 0.15) is 53.4 Å². The molecule has 7 nitrogen and oxygen atoms in total. The molecule has 1 N–H and O–H groups in total. The van der Waals surface area contributed by atoms with Gasteiger partial charge in [0.05, 0.1) is 12.2 Å². The third kappa shape index (κ3) is 12.7. The molecule has 1 aliphatic heterocycles. The van der Waals surface area contributed by atoms with Crippen molar-refractivity contribution in [2.24, 2.45) is 11.8 Å². The van der Waals surface area contributed by atoms with Gasteiger partial charge in [-0.1, -0.05) is 32.9 Å². The molecule has 2 rings (SSSR count). The maximum Gasteiger partial charge on any atom is 1.00 e. The molecule has 0 aromatic carbocycles. The second-order valence-corrected chi connectivity index (χ2v) is 14.2. The standard InChI is InChI=1S/C20H38O4Si.CH2O3.2K/c1-7-10-15-16(14-23-25(5,6)20(2,3)4)18(13-17(15)21)24-19-11-8-9-12-22-19;2-1(3)4;;/h7,10,15-19,21H,8-9,11-14H2,1-6H3;(H2,2,3,4);;/q;;2*+1/p-2/t15-,16-,17-,18-,19?;;;/m1.../s1. The Hall–Kier alpha value is 2.34. The fourth-order valence-corrected chi connectivity index (χ4v) is 4.55. The number of carbonyl (C=O) groups is 1. The molecule has 31 heavy (non-hydrogen) atoms. The van der Waals surface area contributed by atoms with Crippen LogP contribution in [0.2, 0.25) is 18.1 Å². The molecular formula is C21H38K2O7Si. The summed E-state index contributed by atoms with van der Waals surface area (Å²) in [6.07, 6.45) is 5.24. The summed E-state index contributed by atoms with van der Waals surface area (Å²) in [6, 6.07) is 0. The Balaban J connectivity index is 0. The molecule has 5 atom stereocenters. The number of aliphatic hydroxyl groups excluding tert-OH is 1. The van der Waals surface area contributed by atoms with E-state index in [1.807, 2.05) is 13.0 Å². The third-order valence-corrected chi connectivity index (χ3v) is 10.7. The van der Waals surface area contributed by atoms with Crippen molar-refractivity contribution in [3.8, 4) is 0 Å². The molecule has 10 heteroatoms. The van der Waals surface area contributed by atoms with Crippen molar-refractivity contribution in [3.63, 3.8) is 0 Å². The van der Waals surface area contributed by atoms with Crippen molar-refractivity contribution in [2.45, 2.75) is 90.0 Å². The van der Waals surface area contributed by atoms with Gasteiger partial charge in [0.1, 0.15) is 0 Å². The van der Waals surface area contributed by atoms with E-state index in [1.54, 1.807) is 0 Å². The Morgan fingerprint density at radius 3 is 2.26 bits per heavy atom. The van der Waals surface area contributed by atoms with E-state index in [0.717, 1.165) is 25.9 Å². The van der Waals surface area contributed by atoms with Gasteiger partial charge in [-0.05, 0) is 50.5 Å². The molecule has 0 radical (unpaired) electrons. The van der Waals surface area contributed by atoms with E-state index in [1.165, 1.54) is 0 Å². The van der Waals surface area contributed by atoms with Crippen molar-refractivity contribution in [2.75, 3.05) is 13.2 Å². The fraction of sp³-hybridized carbons (Fsp3) is 0.857. The average Bonchev–Trinajstić information content (AvgIpc) is 2.88. The van der Waals surface area contributed by atoms with Crippen LogP contribution in [-0.4, -0.2) is 51.3 Å². The van der Waals surface area contributed by atoms with E-state index in [-0.39, 0.29) is 138 Å². The molecule has 170 valence electrons. The normalized spacial score (nSPS) is 28.8. The van der Waals surface area contributed by atoms with Gasteiger partial charge in [0.2, 0.25) is 0 Å². The number of hydrogen-bond donors (Lipinski definition) is 1. The van der Waals surface area contributed by atoms with Crippen molar-refractivity contribution < 1.29 is 137 Å². The number of rotatable bonds is 6. The Bertz CT molecular complexity index is 530. The van der Waals surface area contributed by atoms with Gasteiger partial charge < -0.3 is 34.0 Å². The number of hydrogen-bond acceptors (Lipinski definition) is 7. The monoisotopic (exact) mass is 508 g/mol. The predicted octanol–water partition coefficient (Wildman–Crippen LogP) is -3.95. The van der Waals surface area contributed by atoms with Crippen molar-refractivity contribution in [1.29, 1.82) is 0 Å². The second-order valence-electron chi connectivity index (χ2n) is 9.36. The first kappa shape index (κ1) is 35.5. The van der Waals surface area contributed by atoms with E-state index in [9.17, 15) is 5.11 Å². The minimum absolute atomic E-state index is 0. The first-order valence-corrected chi connectivity index (χ1v) is 13.4. The van der Waals surface area contributed by atoms with Crippen LogP contribution in [0.15, 0.2) is 12.2 Å². The molecule has 2 aliphatic rings. The summed E-state index contributed by atoms with van der Waals surface area (Å²) in [4.78, 5) is 8.33. The minimum atomic E-state index is -2.33. The van der Waals surface area contributed by atoms with Gasteiger partial charge in [0, 0.05) is 31.5 Å². The van der Waals surface area contributed by atoms with Crippen LogP contribution < -0.4 is 113 Å². The van der Waals surface area contributed by atoms with Crippen LogP contribution >= 0.6 is 0 Å². The van der Waals surface area contributed by atoms with Crippen LogP contribution in [0.25, 0.3) is 0 Å². The fourth-order valence-electron chi connectivity index (χ4n) is 3.51. The van der Waals surface area contributed by atoms with Gasteiger partial charge >= 0.3 is 103 Å². The van der Waals surface area contributed by atoms with Gasteiger partial charge in [0.15, 0.2) is 14.6 Å². The summed E-state index contributed by atoms with van der Waals surface area (Å²) in [5.41, 5.74) is 0. The Morgan fingerprint density at radius 1 is 1.23 bits per heavy atom. The van der Waals surface area contributed by atoms with Crippen LogP contribution in [0.5, 0.6) is 0 Å². The second kappa shape index (κ2) is 16.9. The zero-order valence-electron chi connectivity index (χ0n) is 20.7. The zero-order chi connectivity index (χ0) is 22.2. The molecule has 1 saturated carbocycles. The zero-order valence-corrected chi connectivity index (χ0v) is 27.9. The largest absolute Gasteiger partial charge is 1.00 e. The topological polar surface area (TPSA) is 111 Å². The van der Waals surface area contributed by atoms with Crippen LogP contribution in [0.3, 0.4) is 0 Å². The Morgan fingerprint density at radius 2 is 1.81 bits per heavy atom. The SMILES string of the molecule is CC=C[C@@H]1[C@@H](CO[Si](C)(C)C(C)(C)C)[C@H](OC2CCCCO2)C[C@H]1O.O=C([O-])[O-].[K+].[K+]. The molecule has 0 bridgehead atoms. The molecule has 2 fully saturated rings. The van der Waals surface area contributed by atoms with E-state index in [0.29, 0.717) is 13.0 Å². The van der Waals surface area contributed by atoms with Crippen LogP contribution in [-0.2, 0) is 13.9 Å². The third-order valence-electron chi connectivity index (χ3n) is 6.21. The van der Waals surface area contributed by atoms with E-state index in [4.69, 9.17) is 28.9 Å². The van der Waals surface area contributed by atoms with Crippen LogP contribution in [0, 0.1) is 11.8 Å². The summed E-state index contributed by atoms with van der Waals surface area (Å²) in [7, 11) is -1.82. The van der Waals surface area contributed by atoms with Gasteiger partial charge in [-0.15, -0.1) is 0 Å². The average molecular weight is 509 g/mol. The number of carboxylic acid groups (broad SMARTS) is 2. The molecule has 1 heterocycles. The van der Waals surface area contributed by atoms with E-state index in [2.05, 4.69) is 39.9 Å². The van der Waals surface area contributed by atoms with Crippen molar-refractivity contribution in [3.05, 3.63) is 12.2 Å². The maximum absolute atomic E-state index is 10.6. The molecule has 1 unspecified atom stereocenters. The Labute approximate surface area is 274 Å². The van der Waals surface area contributed by atoms with E-state index < -0.39 is 14.5 Å². The van der Waals surface area contributed by atoms with Gasteiger partial charge in [-0.25, -0.2) is 0 Å². The predicted molar refractivity (Wildman–Crippen MR) is 109 cm³/mol. The summed E-state index contributed by atoms with van der Waals surface area (Å²) in [6.45, 7) is 14.8. The van der Waals surface area contributed by atoms with Gasteiger partial charge in [-0.3, -0.25) is 0 Å². The molecule has 1 aliphatic carbocycles. The van der Waals surface area contributed by atoms with Crippen LogP contribution in [0.4, 0.5) is 4.79 Å². The molecule has 0 aromatic rings. The molecule has 0 aromatic heterocycles. The summed E-state index contributed by atoms with van der Waals surface area (Å²) < 4.78 is 18.5. The number of carbonyl (C=O) groups excluding carboxylic acids is 1. The quantitative estimate of drug-likeness (QED) is 0.288. The van der Waals surface area contributed by atoms with Gasteiger partial charge in [0.25, 0.3) is 0 Å². The van der Waals surface area contributed by atoms with Crippen molar-refractivity contribution in [1.82, 2.24) is 0 Å². The first-order valence-electron chi connectivity index (χ1n) is 10.5. The number of allylic oxidation sites excluding steroid dienone is 1. The molecule has 0 amide bonds. The molecule has 0 spiro atoms. The summed E-state index contributed by atoms with van der Waals surface area (Å²) in [5, 5.41) is 27.4. The Kier molecular flexibility index (Phi) is 19.4. The molecule has 1 saturated heterocycles. The van der Waals surface area contributed by atoms with Gasteiger partial charge in [-0.2, -0.15) is 0 Å².